The van der Waals surface area contributed by atoms with E-state index in [1.54, 1.807) is 29.2 Å². The Labute approximate surface area is 515 Å². The van der Waals surface area contributed by atoms with Gasteiger partial charge in [-0.3, -0.25) is 38.8 Å². The van der Waals surface area contributed by atoms with Crippen molar-refractivity contribution in [3.63, 3.8) is 0 Å². The summed E-state index contributed by atoms with van der Waals surface area (Å²) >= 11 is 0. The Hall–Kier alpha value is -5.63. The molecule has 3 aromatic rings. The van der Waals surface area contributed by atoms with Gasteiger partial charge in [0.05, 0.1) is 58.3 Å². The van der Waals surface area contributed by atoms with E-state index < -0.39 is 11.5 Å². The molecule has 0 spiro atoms. The van der Waals surface area contributed by atoms with E-state index in [4.69, 9.17) is 14.7 Å². The van der Waals surface area contributed by atoms with Gasteiger partial charge in [-0.1, -0.05) is 57.5 Å². The lowest BCUT2D eigenvalue weighted by Crippen LogP contribution is -2.59. The number of anilines is 1. The highest BCUT2D eigenvalue weighted by molar-refractivity contribution is 5.97. The number of nitrogens with zero attached hydrogens (tertiary/aromatic N) is 7. The number of piperazine rings is 2. The quantitative estimate of drug-likeness (QED) is 0.0310. The number of fused-ring (bicyclic) bond motifs is 1. The molecular formula is C65H101F2N12O8+. The molecule has 0 aliphatic carbocycles. The number of nitrogens with one attached hydrogen (secondary N) is 5. The minimum absolute atomic E-state index is 0.0220. The summed E-state index contributed by atoms with van der Waals surface area (Å²) in [7, 11) is 8.16. The molecule has 22 heteroatoms. The molecule has 5 aliphatic heterocycles. The first-order valence-electron chi connectivity index (χ1n) is 31.0. The van der Waals surface area contributed by atoms with E-state index in [-0.39, 0.29) is 59.7 Å². The van der Waals surface area contributed by atoms with Crippen molar-refractivity contribution in [2.75, 3.05) is 158 Å². The first kappa shape index (κ1) is 70.5. The van der Waals surface area contributed by atoms with Crippen molar-refractivity contribution in [1.29, 1.82) is 0 Å². The molecule has 482 valence electrons. The molecule has 6 N–H and O–H groups in total. The number of hydrogen-bond donors (Lipinski definition) is 6. The summed E-state index contributed by atoms with van der Waals surface area (Å²) in [6.07, 6.45) is 6.56. The summed E-state index contributed by atoms with van der Waals surface area (Å²) in [5.41, 5.74) is 5.48. The van der Waals surface area contributed by atoms with Crippen LogP contribution >= 0.6 is 0 Å². The smallest absolute Gasteiger partial charge is 0.251 e. The predicted molar refractivity (Wildman–Crippen MR) is 337 cm³/mol. The fraction of sp³-hybridized carbons (Fsp3) is 0.615. The minimum atomic E-state index is -0.431. The molecule has 6 heterocycles. The van der Waals surface area contributed by atoms with E-state index in [9.17, 15) is 32.8 Å². The number of likely N-dealkylation sites (N-methyl/N-ethyl adjacent to an activating group) is 2. The number of benzene rings is 2. The largest absolute Gasteiger partial charge is 0.395 e. The van der Waals surface area contributed by atoms with Gasteiger partial charge in [0, 0.05) is 125 Å². The first-order chi connectivity index (χ1) is 41.3. The van der Waals surface area contributed by atoms with Gasteiger partial charge < -0.3 is 50.7 Å². The van der Waals surface area contributed by atoms with Crippen LogP contribution in [0.3, 0.4) is 0 Å². The molecule has 3 saturated heterocycles. The summed E-state index contributed by atoms with van der Waals surface area (Å²) in [6.45, 7) is 27.3. The van der Waals surface area contributed by atoms with Crippen LogP contribution in [0.1, 0.15) is 83.7 Å². The second-order valence-electron chi connectivity index (χ2n) is 25.9. The van der Waals surface area contributed by atoms with Crippen molar-refractivity contribution >= 4 is 30.2 Å². The number of quaternary nitrogens is 1. The summed E-state index contributed by atoms with van der Waals surface area (Å²) < 4.78 is 32.6. The van der Waals surface area contributed by atoms with Gasteiger partial charge in [-0.15, -0.1) is 0 Å². The van der Waals surface area contributed by atoms with Crippen LogP contribution in [0, 0.1) is 17.0 Å². The predicted octanol–water partition coefficient (Wildman–Crippen LogP) is 3.64. The number of ether oxygens (including phenoxy) is 1. The van der Waals surface area contributed by atoms with Crippen LogP contribution in [0.25, 0.3) is 0 Å². The van der Waals surface area contributed by atoms with Crippen LogP contribution in [0.2, 0.25) is 0 Å². The zero-order valence-corrected chi connectivity index (χ0v) is 53.7. The van der Waals surface area contributed by atoms with Crippen LogP contribution in [-0.4, -0.2) is 241 Å². The number of rotatable bonds is 25. The van der Waals surface area contributed by atoms with Gasteiger partial charge in [-0.25, -0.2) is 13.6 Å². The monoisotopic (exact) mass is 1220 g/mol. The summed E-state index contributed by atoms with van der Waals surface area (Å²) in [6, 6.07) is 14.9. The number of amides is 3. The number of pyridine rings is 1. The van der Waals surface area contributed by atoms with E-state index in [1.165, 1.54) is 24.3 Å². The lowest BCUT2D eigenvalue weighted by molar-refractivity contribution is -1.08. The minimum Gasteiger partial charge on any atom is -0.395 e. The van der Waals surface area contributed by atoms with Crippen LogP contribution < -0.4 is 31.7 Å². The Morgan fingerprint density at radius 2 is 1.60 bits per heavy atom. The fourth-order valence-electron chi connectivity index (χ4n) is 12.0. The molecule has 20 nitrogen and oxygen atoms in total. The summed E-state index contributed by atoms with van der Waals surface area (Å²) in [5, 5.41) is 21.7. The number of hydrogen-bond acceptors (Lipinski definition) is 15. The molecule has 4 unspecified atom stereocenters. The number of carbonyl (C=O) groups is 4. The van der Waals surface area contributed by atoms with Gasteiger partial charge in [-0.05, 0) is 108 Å². The number of hydroxylamine groups is 3. The Morgan fingerprint density at radius 1 is 0.920 bits per heavy atom. The lowest BCUT2D eigenvalue weighted by Gasteiger charge is -2.40. The van der Waals surface area contributed by atoms with Crippen LogP contribution in [0.5, 0.6) is 0 Å². The average Bonchev–Trinajstić information content (AvgIpc) is 1.67. The van der Waals surface area contributed by atoms with Crippen molar-refractivity contribution in [3.05, 3.63) is 122 Å². The van der Waals surface area contributed by atoms with E-state index in [2.05, 4.69) is 73.8 Å². The van der Waals surface area contributed by atoms with E-state index in [0.29, 0.717) is 74.0 Å². The third-order valence-corrected chi connectivity index (χ3v) is 16.7. The highest BCUT2D eigenvalue weighted by atomic mass is 19.1. The molecule has 1 aromatic heterocycles. The van der Waals surface area contributed by atoms with Crippen LogP contribution in [0.4, 0.5) is 14.5 Å². The maximum atomic E-state index is 13.8. The molecular weight excluding hydrogens is 1110 g/mol. The Kier molecular flexibility index (Phi) is 26.9. The van der Waals surface area contributed by atoms with E-state index in [1.807, 2.05) is 65.8 Å². The molecule has 87 heavy (non-hydrogen) atoms. The van der Waals surface area contributed by atoms with Gasteiger partial charge in [0.2, 0.25) is 18.2 Å². The van der Waals surface area contributed by atoms with Crippen molar-refractivity contribution in [2.45, 2.75) is 104 Å². The molecule has 0 bridgehead atoms. The average molecular weight is 1220 g/mol. The number of aromatic nitrogens is 1. The number of carbonyl (C=O) groups excluding carboxylic acids is 4. The third-order valence-electron chi connectivity index (χ3n) is 16.7. The normalized spacial score (nSPS) is 21.2. The number of halogens is 2. The molecule has 4 atom stereocenters. The van der Waals surface area contributed by atoms with Crippen molar-refractivity contribution in [2.24, 2.45) is 5.41 Å². The molecule has 0 saturated carbocycles. The van der Waals surface area contributed by atoms with Gasteiger partial charge in [0.15, 0.2) is 0 Å². The maximum Gasteiger partial charge on any atom is 0.251 e. The summed E-state index contributed by atoms with van der Waals surface area (Å²) in [5.74, 6) is -0.553. The second-order valence-corrected chi connectivity index (χ2v) is 25.9. The fourth-order valence-corrected chi connectivity index (χ4v) is 12.0. The zero-order valence-electron chi connectivity index (χ0n) is 53.7. The topological polar surface area (TPSA) is 207 Å². The Morgan fingerprint density at radius 3 is 2.25 bits per heavy atom. The number of morpholine rings is 1. The SMILES string of the molecule is C/C(=C\C1=C(NC=O)C(C)(C)CN1C(=O)CN1CCNCC1CN1CCOC(C=O)C1)Cc1ccc(F)cc1.CC1CN(CC(=O)N2CC(C)(C)c3[nH]c(=O)c(Cc4ccc(F)cc4)cc32)CCN1.CNCCCC(C)O[N+](C)(C)CCN(C)CCO. The van der Waals surface area contributed by atoms with Crippen LogP contribution in [-0.2, 0) is 47.0 Å². The summed E-state index contributed by atoms with van der Waals surface area (Å²) in [4.78, 5) is 83.9. The molecule has 3 amide bonds. The second kappa shape index (κ2) is 33.3. The first-order valence-corrected chi connectivity index (χ1v) is 31.0. The molecule has 3 fully saturated rings. The van der Waals surface area contributed by atoms with E-state index in [0.717, 1.165) is 131 Å². The Bertz CT molecular complexity index is 2830. The van der Waals surface area contributed by atoms with Crippen LogP contribution in [0.15, 0.2) is 82.4 Å². The molecule has 5 aliphatic rings. The maximum absolute atomic E-state index is 13.8. The number of aliphatic hydroxyl groups excluding tert-OH is 1. The lowest BCUT2D eigenvalue weighted by atomic mass is 9.91. The van der Waals surface area contributed by atoms with Crippen molar-refractivity contribution in [1.82, 2.24) is 50.8 Å². The van der Waals surface area contributed by atoms with Gasteiger partial charge in [0.25, 0.3) is 5.56 Å². The zero-order chi connectivity index (χ0) is 63.5. The molecule has 0 radical (unpaired) electrons. The van der Waals surface area contributed by atoms with E-state index >= 15 is 0 Å². The van der Waals surface area contributed by atoms with Gasteiger partial charge in [0.1, 0.15) is 36.7 Å². The van der Waals surface area contributed by atoms with Gasteiger partial charge >= 0.3 is 0 Å². The van der Waals surface area contributed by atoms with Crippen molar-refractivity contribution in [3.8, 4) is 0 Å². The number of aromatic amines is 1. The molecule has 2 aromatic carbocycles. The molecule has 8 rings (SSSR count). The van der Waals surface area contributed by atoms with Crippen molar-refractivity contribution < 1.29 is 47.3 Å². The van der Waals surface area contributed by atoms with Gasteiger partial charge in [-0.2, -0.15) is 4.65 Å². The number of aliphatic hydroxyl groups is 1. The highest BCUT2D eigenvalue weighted by Crippen LogP contribution is 2.40. The Balaban J connectivity index is 0.000000223. The standard InChI is InChI=1S/C29H40FN5O4.C23H29FN4O2.C13H32N3O2/c1-21(12-22-4-6-23(30)7-5-22)13-26-28(32-20-37)29(2,3)19-35(26)27(38)17-34-9-8-31-14-24(34)15-33-10-11-39-25(16-33)18-36;1-15-12-27(9-8-25-15)13-20(29)28-14-23(2,3)21-19(28)11-17(22(30)26-21)10-16-4-6-18(24)7-5-16;1-13(7-6-8-14-2)18-16(4,5)11-9-15(3)10-12-17/h4-7,13,18,20,24-25,31H,8-12,14-17,19H2,1-3H3,(H,32,37);4-7,11,15,25H,8-10,12-14H2,1-3H3,(H,26,30);13-14,17H,6-12H2,1-5H3/q;;+1/b21-13+;;. The third kappa shape index (κ3) is 21.5. The highest BCUT2D eigenvalue weighted by Gasteiger charge is 2.42. The number of allylic oxidation sites excluding steroid dienone is 2. The number of H-pyrrole nitrogens is 1. The number of aldehydes is 1.